The van der Waals surface area contributed by atoms with Crippen LogP contribution in [0.25, 0.3) is 0 Å². The van der Waals surface area contributed by atoms with E-state index in [0.29, 0.717) is 6.42 Å². The van der Waals surface area contributed by atoms with Crippen LogP contribution in [0, 0.1) is 5.92 Å². The zero-order chi connectivity index (χ0) is 8.36. The van der Waals surface area contributed by atoms with Gasteiger partial charge in [0.2, 0.25) is 0 Å². The minimum absolute atomic E-state index is 0.0301. The molecule has 0 bridgehead atoms. The summed E-state index contributed by atoms with van der Waals surface area (Å²) < 4.78 is 10.5. The highest BCUT2D eigenvalue weighted by Crippen LogP contribution is 2.46. The van der Waals surface area contributed by atoms with Crippen LogP contribution in [0.2, 0.25) is 0 Å². The number of hydrogen-bond donors (Lipinski definition) is 2. The number of allylic oxidation sites excluding steroid dienone is 1. The van der Waals surface area contributed by atoms with E-state index >= 15 is 0 Å². The summed E-state index contributed by atoms with van der Waals surface area (Å²) in [5.41, 5.74) is 0. The third-order valence-electron chi connectivity index (χ3n) is 1.06. The smallest absolute Gasteiger partial charge is 0.321 e. The minimum atomic E-state index is -4.01. The molecule has 0 spiro atoms. The van der Waals surface area contributed by atoms with Gasteiger partial charge < -0.3 is 9.79 Å². The zero-order valence-electron chi connectivity index (χ0n) is 6.24. The largest absolute Gasteiger partial charge is 0.351 e. The van der Waals surface area contributed by atoms with E-state index in [1.54, 1.807) is 0 Å². The Morgan fingerprint density at radius 2 is 2.00 bits per heavy atom. The van der Waals surface area contributed by atoms with Crippen LogP contribution >= 0.6 is 7.60 Å². The van der Waals surface area contributed by atoms with E-state index in [2.05, 4.69) is 6.58 Å². The van der Waals surface area contributed by atoms with Gasteiger partial charge in [-0.1, -0.05) is 20.4 Å². The summed E-state index contributed by atoms with van der Waals surface area (Å²) in [5.74, 6) is 0.250. The predicted octanol–water partition coefficient (Wildman–Crippen LogP) is 1.72. The quantitative estimate of drug-likeness (QED) is 0.624. The van der Waals surface area contributed by atoms with E-state index in [-0.39, 0.29) is 11.2 Å². The van der Waals surface area contributed by atoms with E-state index in [4.69, 9.17) is 9.79 Å². The first kappa shape index (κ1) is 9.89. The normalized spacial score (nSPS) is 12.1. The Hall–Kier alpha value is -0.110. The van der Waals surface area contributed by atoms with Gasteiger partial charge >= 0.3 is 7.60 Å². The standard InChI is InChI=1S/C6H13O3P/c1-5(2)4-6(3)10(7,8)9/h5H,3-4H2,1-2H3,(H2,7,8,9). The van der Waals surface area contributed by atoms with Crippen molar-refractivity contribution in [3.63, 3.8) is 0 Å². The van der Waals surface area contributed by atoms with Gasteiger partial charge in [0, 0.05) is 5.31 Å². The molecule has 60 valence electrons. The molecule has 0 atom stereocenters. The maximum absolute atomic E-state index is 10.5. The van der Waals surface area contributed by atoms with Crippen molar-refractivity contribution < 1.29 is 14.4 Å². The van der Waals surface area contributed by atoms with Crippen LogP contribution in [-0.4, -0.2) is 9.79 Å². The second kappa shape index (κ2) is 3.33. The maximum Gasteiger partial charge on any atom is 0.351 e. The molecule has 3 nitrogen and oxygen atoms in total. The van der Waals surface area contributed by atoms with Crippen LogP contribution in [0.3, 0.4) is 0 Å². The Morgan fingerprint density at radius 1 is 1.60 bits per heavy atom. The zero-order valence-corrected chi connectivity index (χ0v) is 7.14. The molecule has 0 aliphatic heterocycles. The molecule has 0 aromatic rings. The lowest BCUT2D eigenvalue weighted by molar-refractivity contribution is 0.378. The molecule has 4 heteroatoms. The van der Waals surface area contributed by atoms with E-state index in [9.17, 15) is 4.57 Å². The summed E-state index contributed by atoms with van der Waals surface area (Å²) >= 11 is 0. The van der Waals surface area contributed by atoms with Crippen molar-refractivity contribution in [2.75, 3.05) is 0 Å². The van der Waals surface area contributed by atoms with E-state index in [1.165, 1.54) is 0 Å². The number of hydrogen-bond acceptors (Lipinski definition) is 1. The highest BCUT2D eigenvalue weighted by molar-refractivity contribution is 7.56. The SMILES string of the molecule is C=C(CC(C)C)P(=O)(O)O. The molecular formula is C6H13O3P. The molecule has 0 aliphatic carbocycles. The summed E-state index contributed by atoms with van der Waals surface area (Å²) in [6, 6.07) is 0. The molecule has 0 amide bonds. The molecule has 0 radical (unpaired) electrons. The van der Waals surface area contributed by atoms with Crippen molar-refractivity contribution in [3.8, 4) is 0 Å². The van der Waals surface area contributed by atoms with Gasteiger partial charge in [0.15, 0.2) is 0 Å². The summed E-state index contributed by atoms with van der Waals surface area (Å²) in [4.78, 5) is 17.1. The van der Waals surface area contributed by atoms with Crippen molar-refractivity contribution in [2.24, 2.45) is 5.92 Å². The summed E-state index contributed by atoms with van der Waals surface area (Å²) in [6.45, 7) is 7.08. The highest BCUT2D eigenvalue weighted by atomic mass is 31.2. The Kier molecular flexibility index (Phi) is 3.29. The first-order valence-electron chi connectivity index (χ1n) is 3.08. The fourth-order valence-electron chi connectivity index (χ4n) is 0.590. The molecule has 10 heavy (non-hydrogen) atoms. The van der Waals surface area contributed by atoms with Gasteiger partial charge in [-0.25, -0.2) is 0 Å². The van der Waals surface area contributed by atoms with E-state index in [1.807, 2.05) is 13.8 Å². The van der Waals surface area contributed by atoms with Crippen LogP contribution in [0.1, 0.15) is 20.3 Å². The van der Waals surface area contributed by atoms with Crippen LogP contribution < -0.4 is 0 Å². The molecular weight excluding hydrogens is 151 g/mol. The predicted molar refractivity (Wildman–Crippen MR) is 40.6 cm³/mol. The first-order valence-corrected chi connectivity index (χ1v) is 4.69. The minimum Gasteiger partial charge on any atom is -0.321 e. The van der Waals surface area contributed by atoms with Gasteiger partial charge in [-0.3, -0.25) is 4.57 Å². The van der Waals surface area contributed by atoms with Gasteiger partial charge in [-0.2, -0.15) is 0 Å². The molecule has 0 aromatic carbocycles. The van der Waals surface area contributed by atoms with Crippen LogP contribution in [0.5, 0.6) is 0 Å². The maximum atomic E-state index is 10.5. The lowest BCUT2D eigenvalue weighted by atomic mass is 10.1. The first-order chi connectivity index (χ1) is 4.34. The van der Waals surface area contributed by atoms with Crippen LogP contribution in [0.15, 0.2) is 11.9 Å². The highest BCUT2D eigenvalue weighted by Gasteiger charge is 2.18. The Morgan fingerprint density at radius 3 is 2.10 bits per heavy atom. The van der Waals surface area contributed by atoms with Gasteiger partial charge in [-0.05, 0) is 12.3 Å². The van der Waals surface area contributed by atoms with Gasteiger partial charge in [0.05, 0.1) is 0 Å². The average molecular weight is 164 g/mol. The molecule has 0 heterocycles. The molecule has 0 aromatic heterocycles. The van der Waals surface area contributed by atoms with Gasteiger partial charge in [0.25, 0.3) is 0 Å². The molecule has 0 aliphatic rings. The Balaban J connectivity index is 4.00. The second-order valence-electron chi connectivity index (χ2n) is 2.71. The second-order valence-corrected chi connectivity index (χ2v) is 4.43. The number of rotatable bonds is 3. The molecule has 0 rings (SSSR count). The fraction of sp³-hybridized carbons (Fsp3) is 0.667. The van der Waals surface area contributed by atoms with Gasteiger partial charge in [-0.15, -0.1) is 0 Å². The Labute approximate surface area is 60.9 Å². The molecule has 0 unspecified atom stereocenters. The summed E-state index contributed by atoms with van der Waals surface area (Å²) in [5, 5.41) is 0.0301. The van der Waals surface area contributed by atoms with Crippen molar-refractivity contribution in [2.45, 2.75) is 20.3 Å². The lowest BCUT2D eigenvalue weighted by Gasteiger charge is -2.08. The molecule has 0 saturated heterocycles. The van der Waals surface area contributed by atoms with E-state index in [0.717, 1.165) is 0 Å². The van der Waals surface area contributed by atoms with Crippen LogP contribution in [0.4, 0.5) is 0 Å². The summed E-state index contributed by atoms with van der Waals surface area (Å²) in [6.07, 6.45) is 0.393. The molecule has 0 saturated carbocycles. The molecule has 2 N–H and O–H groups in total. The van der Waals surface area contributed by atoms with Crippen molar-refractivity contribution in [1.29, 1.82) is 0 Å². The summed E-state index contributed by atoms with van der Waals surface area (Å²) in [7, 11) is -4.01. The third kappa shape index (κ3) is 3.83. The van der Waals surface area contributed by atoms with E-state index < -0.39 is 7.60 Å². The topological polar surface area (TPSA) is 57.5 Å². The average Bonchev–Trinajstić information content (AvgIpc) is 1.60. The Bertz CT molecular complexity index is 168. The van der Waals surface area contributed by atoms with Gasteiger partial charge in [0.1, 0.15) is 0 Å². The van der Waals surface area contributed by atoms with Crippen molar-refractivity contribution in [1.82, 2.24) is 0 Å². The van der Waals surface area contributed by atoms with Crippen molar-refractivity contribution >= 4 is 7.60 Å². The monoisotopic (exact) mass is 164 g/mol. The third-order valence-corrected chi connectivity index (χ3v) is 2.06. The van der Waals surface area contributed by atoms with Crippen molar-refractivity contribution in [3.05, 3.63) is 11.9 Å². The lowest BCUT2D eigenvalue weighted by Crippen LogP contribution is -1.91. The van der Waals surface area contributed by atoms with Crippen LogP contribution in [-0.2, 0) is 4.57 Å². The fourth-order valence-corrected chi connectivity index (χ4v) is 1.19. The molecule has 0 fully saturated rings.